The van der Waals surface area contributed by atoms with Crippen LogP contribution in [0.1, 0.15) is 40.0 Å². The first kappa shape index (κ1) is 19.4. The Balaban J connectivity index is 4.29. The minimum Gasteiger partial charge on any atom is -0.468 e. The molecule has 0 aliphatic carbocycles. The SMILES string of the molecule is CCCNC(C)(CCCN(C)C(C)COC)C(=O)OC. The Bertz CT molecular complexity index is 274. The van der Waals surface area contributed by atoms with Crippen molar-refractivity contribution in [3.05, 3.63) is 0 Å². The molecule has 0 amide bonds. The highest BCUT2D eigenvalue weighted by molar-refractivity contribution is 5.80. The van der Waals surface area contributed by atoms with Gasteiger partial charge < -0.3 is 19.7 Å². The number of likely N-dealkylation sites (N-methyl/N-ethyl adjacent to an activating group) is 1. The van der Waals surface area contributed by atoms with Crippen LogP contribution < -0.4 is 5.32 Å². The molecule has 0 spiro atoms. The predicted octanol–water partition coefficient (Wildman–Crippen LogP) is 1.66. The van der Waals surface area contributed by atoms with Crippen LogP contribution in [0.4, 0.5) is 0 Å². The van der Waals surface area contributed by atoms with E-state index in [-0.39, 0.29) is 5.97 Å². The van der Waals surface area contributed by atoms with E-state index in [1.165, 1.54) is 7.11 Å². The molecule has 0 saturated carbocycles. The largest absolute Gasteiger partial charge is 0.468 e. The van der Waals surface area contributed by atoms with Gasteiger partial charge in [0.25, 0.3) is 0 Å². The van der Waals surface area contributed by atoms with Gasteiger partial charge in [0, 0.05) is 13.2 Å². The number of hydrogen-bond acceptors (Lipinski definition) is 5. The maximum Gasteiger partial charge on any atom is 0.325 e. The summed E-state index contributed by atoms with van der Waals surface area (Å²) in [5, 5.41) is 3.31. The van der Waals surface area contributed by atoms with E-state index in [9.17, 15) is 4.79 Å². The van der Waals surface area contributed by atoms with Gasteiger partial charge in [0.2, 0.25) is 0 Å². The summed E-state index contributed by atoms with van der Waals surface area (Å²) in [6.07, 6.45) is 2.70. The summed E-state index contributed by atoms with van der Waals surface area (Å²) >= 11 is 0. The van der Waals surface area contributed by atoms with E-state index in [1.807, 2.05) is 6.92 Å². The van der Waals surface area contributed by atoms with Gasteiger partial charge in [-0.15, -0.1) is 0 Å². The monoisotopic (exact) mass is 288 g/mol. The van der Waals surface area contributed by atoms with Crippen molar-refractivity contribution < 1.29 is 14.3 Å². The average Bonchev–Trinajstić information content (AvgIpc) is 2.44. The Morgan fingerprint density at radius 3 is 2.55 bits per heavy atom. The zero-order valence-electron chi connectivity index (χ0n) is 14.0. The highest BCUT2D eigenvalue weighted by atomic mass is 16.5. The average molecular weight is 288 g/mol. The summed E-state index contributed by atoms with van der Waals surface area (Å²) in [5.74, 6) is -0.182. The molecule has 120 valence electrons. The Hall–Kier alpha value is -0.650. The van der Waals surface area contributed by atoms with Crippen LogP contribution in [0, 0.1) is 0 Å². The first-order chi connectivity index (χ1) is 9.41. The fourth-order valence-corrected chi connectivity index (χ4v) is 2.16. The molecule has 0 fully saturated rings. The van der Waals surface area contributed by atoms with E-state index in [1.54, 1.807) is 7.11 Å². The molecule has 20 heavy (non-hydrogen) atoms. The minimum absolute atomic E-state index is 0.182. The number of hydrogen-bond donors (Lipinski definition) is 1. The fourth-order valence-electron chi connectivity index (χ4n) is 2.16. The van der Waals surface area contributed by atoms with Crippen molar-refractivity contribution in [2.75, 3.05) is 41.0 Å². The van der Waals surface area contributed by atoms with E-state index >= 15 is 0 Å². The van der Waals surface area contributed by atoms with Crippen LogP contribution in [0.2, 0.25) is 0 Å². The first-order valence-electron chi connectivity index (χ1n) is 7.43. The standard InChI is InChI=1S/C15H32N2O3/c1-7-10-16-15(3,14(18)20-6)9-8-11-17(4)13(2)12-19-5/h13,16H,7-12H2,1-6H3. The van der Waals surface area contributed by atoms with Crippen molar-refractivity contribution in [2.24, 2.45) is 0 Å². The molecule has 0 saturated heterocycles. The molecule has 0 aliphatic heterocycles. The highest BCUT2D eigenvalue weighted by Gasteiger charge is 2.33. The Labute approximate surface area is 124 Å². The molecule has 0 heterocycles. The topological polar surface area (TPSA) is 50.8 Å². The molecule has 0 rings (SSSR count). The second-order valence-electron chi connectivity index (χ2n) is 5.64. The number of carbonyl (C=O) groups is 1. The zero-order chi connectivity index (χ0) is 15.6. The van der Waals surface area contributed by atoms with Gasteiger partial charge >= 0.3 is 5.97 Å². The molecule has 0 bridgehead atoms. The lowest BCUT2D eigenvalue weighted by molar-refractivity contribution is -0.148. The maximum atomic E-state index is 11.9. The van der Waals surface area contributed by atoms with Crippen molar-refractivity contribution in [3.8, 4) is 0 Å². The maximum absolute atomic E-state index is 11.9. The number of nitrogens with zero attached hydrogens (tertiary/aromatic N) is 1. The lowest BCUT2D eigenvalue weighted by Crippen LogP contribution is -2.51. The van der Waals surface area contributed by atoms with Crippen LogP contribution in [0.5, 0.6) is 0 Å². The number of esters is 1. The third kappa shape index (κ3) is 6.68. The molecule has 0 aromatic carbocycles. The number of rotatable bonds is 11. The third-order valence-corrected chi connectivity index (χ3v) is 3.75. The highest BCUT2D eigenvalue weighted by Crippen LogP contribution is 2.15. The van der Waals surface area contributed by atoms with E-state index in [0.29, 0.717) is 6.04 Å². The van der Waals surface area contributed by atoms with Crippen molar-refractivity contribution >= 4 is 5.97 Å². The van der Waals surface area contributed by atoms with Gasteiger partial charge in [-0.05, 0) is 53.2 Å². The second kappa shape index (κ2) is 10.1. The summed E-state index contributed by atoms with van der Waals surface area (Å²) in [6.45, 7) is 8.63. The predicted molar refractivity (Wildman–Crippen MR) is 81.9 cm³/mol. The minimum atomic E-state index is -0.587. The van der Waals surface area contributed by atoms with E-state index in [0.717, 1.165) is 39.0 Å². The molecular weight excluding hydrogens is 256 g/mol. The van der Waals surface area contributed by atoms with Crippen LogP contribution in [-0.4, -0.2) is 63.4 Å². The van der Waals surface area contributed by atoms with Gasteiger partial charge in [0.1, 0.15) is 5.54 Å². The summed E-state index contributed by atoms with van der Waals surface area (Å²) in [6, 6.07) is 0.382. The number of nitrogens with one attached hydrogen (secondary N) is 1. The summed E-state index contributed by atoms with van der Waals surface area (Å²) in [5.41, 5.74) is -0.587. The smallest absolute Gasteiger partial charge is 0.325 e. The van der Waals surface area contributed by atoms with Crippen molar-refractivity contribution in [1.29, 1.82) is 0 Å². The molecule has 1 N–H and O–H groups in total. The van der Waals surface area contributed by atoms with Gasteiger partial charge in [-0.25, -0.2) is 0 Å². The van der Waals surface area contributed by atoms with Crippen molar-refractivity contribution in [3.63, 3.8) is 0 Å². The van der Waals surface area contributed by atoms with Gasteiger partial charge in [0.05, 0.1) is 13.7 Å². The Morgan fingerprint density at radius 2 is 2.05 bits per heavy atom. The molecule has 5 nitrogen and oxygen atoms in total. The second-order valence-corrected chi connectivity index (χ2v) is 5.64. The van der Waals surface area contributed by atoms with Gasteiger partial charge in [-0.3, -0.25) is 4.79 Å². The van der Waals surface area contributed by atoms with Gasteiger partial charge in [-0.2, -0.15) is 0 Å². The summed E-state index contributed by atoms with van der Waals surface area (Å²) < 4.78 is 10.1. The Kier molecular flexibility index (Phi) is 9.80. The first-order valence-corrected chi connectivity index (χ1v) is 7.43. The molecule has 5 heteroatoms. The fraction of sp³-hybridized carbons (Fsp3) is 0.933. The molecule has 0 aromatic rings. The van der Waals surface area contributed by atoms with E-state index < -0.39 is 5.54 Å². The number of methoxy groups -OCH3 is 2. The van der Waals surface area contributed by atoms with Crippen LogP contribution in [0.15, 0.2) is 0 Å². The van der Waals surface area contributed by atoms with Gasteiger partial charge in [-0.1, -0.05) is 6.92 Å². The molecule has 0 aliphatic rings. The molecule has 2 unspecified atom stereocenters. The molecule has 2 atom stereocenters. The van der Waals surface area contributed by atoms with Crippen LogP contribution in [0.25, 0.3) is 0 Å². The van der Waals surface area contributed by atoms with Crippen LogP contribution in [0.3, 0.4) is 0 Å². The Morgan fingerprint density at radius 1 is 1.40 bits per heavy atom. The quantitative estimate of drug-likeness (QED) is 0.586. The summed E-state index contributed by atoms with van der Waals surface area (Å²) in [7, 11) is 5.24. The zero-order valence-corrected chi connectivity index (χ0v) is 14.0. The lowest BCUT2D eigenvalue weighted by Gasteiger charge is -2.30. The summed E-state index contributed by atoms with van der Waals surface area (Å²) in [4.78, 5) is 14.2. The normalized spacial score (nSPS) is 15.9. The molecule has 0 aromatic heterocycles. The van der Waals surface area contributed by atoms with E-state index in [4.69, 9.17) is 9.47 Å². The van der Waals surface area contributed by atoms with Crippen LogP contribution >= 0.6 is 0 Å². The van der Waals surface area contributed by atoms with Crippen molar-refractivity contribution in [2.45, 2.75) is 51.6 Å². The third-order valence-electron chi connectivity index (χ3n) is 3.75. The van der Waals surface area contributed by atoms with Crippen LogP contribution in [-0.2, 0) is 14.3 Å². The number of carbonyl (C=O) groups excluding carboxylic acids is 1. The van der Waals surface area contributed by atoms with Crippen molar-refractivity contribution in [1.82, 2.24) is 10.2 Å². The van der Waals surface area contributed by atoms with Gasteiger partial charge in [0.15, 0.2) is 0 Å². The molecule has 0 radical (unpaired) electrons. The molecular formula is C15H32N2O3. The van der Waals surface area contributed by atoms with E-state index in [2.05, 4.69) is 31.1 Å². The lowest BCUT2D eigenvalue weighted by atomic mass is 9.95. The number of ether oxygens (including phenoxy) is 2.